The van der Waals surface area contributed by atoms with Crippen LogP contribution in [0.1, 0.15) is 11.5 Å². The fraction of sp³-hybridized carbons (Fsp3) is 0.421. The zero-order valence-corrected chi connectivity index (χ0v) is 15.5. The van der Waals surface area contributed by atoms with Gasteiger partial charge >= 0.3 is 0 Å². The molecule has 0 aliphatic carbocycles. The zero-order chi connectivity index (χ0) is 18.1. The summed E-state index contributed by atoms with van der Waals surface area (Å²) in [5.41, 5.74) is 3.25. The summed E-state index contributed by atoms with van der Waals surface area (Å²) in [4.78, 5) is 20.0. The van der Waals surface area contributed by atoms with Gasteiger partial charge in [0.1, 0.15) is 17.9 Å². The molecule has 136 valence electrons. The van der Waals surface area contributed by atoms with E-state index in [9.17, 15) is 0 Å². The number of anilines is 2. The predicted octanol–water partition coefficient (Wildman–Crippen LogP) is 2.31. The van der Waals surface area contributed by atoms with Gasteiger partial charge in [-0.2, -0.15) is 0 Å². The van der Waals surface area contributed by atoms with Crippen LogP contribution in [-0.2, 0) is 6.54 Å². The summed E-state index contributed by atoms with van der Waals surface area (Å²) in [7, 11) is 4.03. The van der Waals surface area contributed by atoms with E-state index >= 15 is 0 Å². The third kappa shape index (κ3) is 3.22. The van der Waals surface area contributed by atoms with E-state index in [4.69, 9.17) is 4.42 Å². The molecule has 0 amide bonds. The van der Waals surface area contributed by atoms with E-state index in [1.165, 1.54) is 12.1 Å². The van der Waals surface area contributed by atoms with E-state index in [0.29, 0.717) is 0 Å². The van der Waals surface area contributed by atoms with Gasteiger partial charge in [-0.15, -0.1) is 0 Å². The summed E-state index contributed by atoms with van der Waals surface area (Å²) in [6.45, 7) is 6.83. The SMILES string of the molecule is Cc1ocnc1CN1CCN(c2ccc3ncnc(N(C)C)c3c2)CC1. The van der Waals surface area contributed by atoms with Crippen LogP contribution in [0.25, 0.3) is 10.9 Å². The molecule has 0 N–H and O–H groups in total. The Morgan fingerprint density at radius 3 is 2.58 bits per heavy atom. The lowest BCUT2D eigenvalue weighted by atomic mass is 10.1. The molecule has 7 heteroatoms. The maximum Gasteiger partial charge on any atom is 0.181 e. The van der Waals surface area contributed by atoms with Crippen LogP contribution in [0.3, 0.4) is 0 Å². The second-order valence-corrected chi connectivity index (χ2v) is 6.91. The Hall–Kier alpha value is -2.67. The van der Waals surface area contributed by atoms with E-state index in [1.807, 2.05) is 25.9 Å². The molecule has 1 aliphatic rings. The fourth-order valence-corrected chi connectivity index (χ4v) is 3.44. The summed E-state index contributed by atoms with van der Waals surface area (Å²) in [6, 6.07) is 6.46. The predicted molar refractivity (Wildman–Crippen MR) is 103 cm³/mol. The second-order valence-electron chi connectivity index (χ2n) is 6.91. The second kappa shape index (κ2) is 6.92. The molecule has 1 fully saturated rings. The monoisotopic (exact) mass is 352 g/mol. The highest BCUT2D eigenvalue weighted by atomic mass is 16.3. The van der Waals surface area contributed by atoms with Crippen LogP contribution in [0.2, 0.25) is 0 Å². The van der Waals surface area contributed by atoms with Gasteiger partial charge in [0.15, 0.2) is 6.39 Å². The highest BCUT2D eigenvalue weighted by Crippen LogP contribution is 2.27. The van der Waals surface area contributed by atoms with Gasteiger partial charge in [-0.25, -0.2) is 15.0 Å². The van der Waals surface area contributed by atoms with Crippen molar-refractivity contribution in [2.45, 2.75) is 13.5 Å². The van der Waals surface area contributed by atoms with Crippen molar-refractivity contribution in [1.82, 2.24) is 19.9 Å². The highest BCUT2D eigenvalue weighted by Gasteiger charge is 2.19. The lowest BCUT2D eigenvalue weighted by Crippen LogP contribution is -2.46. The first-order chi connectivity index (χ1) is 12.6. The third-order valence-corrected chi connectivity index (χ3v) is 4.98. The summed E-state index contributed by atoms with van der Waals surface area (Å²) >= 11 is 0. The molecule has 0 saturated carbocycles. The maximum absolute atomic E-state index is 5.30. The van der Waals surface area contributed by atoms with Crippen LogP contribution in [0.15, 0.2) is 35.3 Å². The molecule has 0 unspecified atom stereocenters. The molecule has 1 saturated heterocycles. The van der Waals surface area contributed by atoms with Crippen molar-refractivity contribution in [2.24, 2.45) is 0 Å². The first-order valence-corrected chi connectivity index (χ1v) is 8.90. The first-order valence-electron chi connectivity index (χ1n) is 8.90. The highest BCUT2D eigenvalue weighted by molar-refractivity contribution is 5.91. The number of hydrogen-bond acceptors (Lipinski definition) is 7. The van der Waals surface area contributed by atoms with Gasteiger partial charge in [-0.1, -0.05) is 0 Å². The molecule has 3 aromatic rings. The van der Waals surface area contributed by atoms with Crippen molar-refractivity contribution >= 4 is 22.4 Å². The van der Waals surface area contributed by atoms with Gasteiger partial charge < -0.3 is 14.2 Å². The number of piperazine rings is 1. The Bertz CT molecular complexity index is 898. The fourth-order valence-electron chi connectivity index (χ4n) is 3.44. The number of oxazole rings is 1. The van der Waals surface area contributed by atoms with E-state index in [-0.39, 0.29) is 0 Å². The minimum absolute atomic E-state index is 0.854. The molecule has 0 radical (unpaired) electrons. The standard InChI is InChI=1S/C19H24N6O/c1-14-18(22-13-26-14)11-24-6-8-25(9-7-24)15-4-5-17-16(10-15)19(23(2)3)21-12-20-17/h4-5,10,12-13H,6-9,11H2,1-3H3. The van der Waals surface area contributed by atoms with Crippen LogP contribution >= 0.6 is 0 Å². The zero-order valence-electron chi connectivity index (χ0n) is 15.5. The average Bonchev–Trinajstić information content (AvgIpc) is 3.06. The molecule has 26 heavy (non-hydrogen) atoms. The van der Waals surface area contributed by atoms with E-state index in [2.05, 4.69) is 43.0 Å². The van der Waals surface area contributed by atoms with Crippen LogP contribution in [0.5, 0.6) is 0 Å². The largest absolute Gasteiger partial charge is 0.448 e. The molecule has 1 aromatic carbocycles. The summed E-state index contributed by atoms with van der Waals surface area (Å²) in [5.74, 6) is 1.87. The molecular formula is C19H24N6O. The van der Waals surface area contributed by atoms with Gasteiger partial charge in [0.2, 0.25) is 0 Å². The third-order valence-electron chi connectivity index (χ3n) is 4.98. The van der Waals surface area contributed by atoms with Gasteiger partial charge in [-0.3, -0.25) is 4.90 Å². The van der Waals surface area contributed by atoms with Crippen molar-refractivity contribution in [3.8, 4) is 0 Å². The molecule has 1 aliphatic heterocycles. The maximum atomic E-state index is 5.30. The van der Waals surface area contributed by atoms with Gasteiger partial charge in [0.05, 0.1) is 11.2 Å². The number of aromatic nitrogens is 3. The number of aryl methyl sites for hydroxylation is 1. The molecular weight excluding hydrogens is 328 g/mol. The summed E-state index contributed by atoms with van der Waals surface area (Å²) in [6.07, 6.45) is 3.16. The van der Waals surface area contributed by atoms with E-state index in [1.54, 1.807) is 6.33 Å². The number of hydrogen-bond donors (Lipinski definition) is 0. The van der Waals surface area contributed by atoms with Gasteiger partial charge in [0.25, 0.3) is 0 Å². The molecule has 0 atom stereocenters. The summed E-state index contributed by atoms with van der Waals surface area (Å²) in [5, 5.41) is 1.09. The van der Waals surface area contributed by atoms with Crippen LogP contribution in [-0.4, -0.2) is 60.1 Å². The Morgan fingerprint density at radius 1 is 1.08 bits per heavy atom. The van der Waals surface area contributed by atoms with Crippen LogP contribution in [0.4, 0.5) is 11.5 Å². The molecule has 0 bridgehead atoms. The van der Waals surface area contributed by atoms with E-state index < -0.39 is 0 Å². The Morgan fingerprint density at radius 2 is 1.88 bits per heavy atom. The molecule has 2 aromatic heterocycles. The molecule has 3 heterocycles. The number of benzene rings is 1. The van der Waals surface area contributed by atoms with Crippen molar-refractivity contribution < 1.29 is 4.42 Å². The van der Waals surface area contributed by atoms with Gasteiger partial charge in [-0.05, 0) is 25.1 Å². The first kappa shape index (κ1) is 16.8. The Labute approximate surface area is 153 Å². The van der Waals surface area contributed by atoms with Crippen molar-refractivity contribution in [3.63, 3.8) is 0 Å². The van der Waals surface area contributed by atoms with Crippen LogP contribution in [0, 0.1) is 6.92 Å². The van der Waals surface area contributed by atoms with E-state index in [0.717, 1.165) is 60.9 Å². The molecule has 7 nitrogen and oxygen atoms in total. The molecule has 0 spiro atoms. The average molecular weight is 352 g/mol. The topological polar surface area (TPSA) is 61.5 Å². The van der Waals surface area contributed by atoms with Crippen LogP contribution < -0.4 is 9.80 Å². The smallest absolute Gasteiger partial charge is 0.181 e. The summed E-state index contributed by atoms with van der Waals surface area (Å²) < 4.78 is 5.30. The Kier molecular flexibility index (Phi) is 4.46. The van der Waals surface area contributed by atoms with Crippen molar-refractivity contribution in [1.29, 1.82) is 0 Å². The quantitative estimate of drug-likeness (QED) is 0.714. The number of rotatable bonds is 4. The lowest BCUT2D eigenvalue weighted by molar-refractivity contribution is 0.246. The normalized spacial score (nSPS) is 15.6. The minimum atomic E-state index is 0.854. The van der Waals surface area contributed by atoms with Crippen molar-refractivity contribution in [3.05, 3.63) is 42.4 Å². The van der Waals surface area contributed by atoms with Gasteiger partial charge in [0, 0.05) is 57.9 Å². The minimum Gasteiger partial charge on any atom is -0.448 e. The number of fused-ring (bicyclic) bond motifs is 1. The Balaban J connectivity index is 1.49. The molecule has 4 rings (SSSR count). The van der Waals surface area contributed by atoms with Crippen molar-refractivity contribution in [2.75, 3.05) is 50.1 Å². The lowest BCUT2D eigenvalue weighted by Gasteiger charge is -2.36. The number of nitrogens with zero attached hydrogens (tertiary/aromatic N) is 6.